The number of carbonyl (C=O) groups is 3. The van der Waals surface area contributed by atoms with Gasteiger partial charge in [-0.15, -0.1) is 0 Å². The minimum atomic E-state index is -0.878. The van der Waals surface area contributed by atoms with Crippen LogP contribution in [-0.2, 0) is 42.1 Å². The number of rotatable bonds is 8. The van der Waals surface area contributed by atoms with E-state index in [9.17, 15) is 14.4 Å². The van der Waals surface area contributed by atoms with E-state index in [1.165, 1.54) is 19.8 Å². The zero-order chi connectivity index (χ0) is 39.3. The molecule has 3 aliphatic rings. The molecule has 12 nitrogen and oxygen atoms in total. The van der Waals surface area contributed by atoms with Crippen LogP contribution in [0.1, 0.15) is 68.5 Å². The summed E-state index contributed by atoms with van der Waals surface area (Å²) >= 11 is 3.32. The van der Waals surface area contributed by atoms with Gasteiger partial charge in [0.15, 0.2) is 0 Å². The van der Waals surface area contributed by atoms with Crippen molar-refractivity contribution in [1.29, 1.82) is 0 Å². The number of alkyl halides is 1. The van der Waals surface area contributed by atoms with Crippen molar-refractivity contribution in [2.45, 2.75) is 57.3 Å². The SMILES string of the molecule is CC1COCCN1.COC(=O)c1ccc(CBr)cc1.COC(=O)c1ccc(CN2CCOC[C@@H]2C)cc1.C[C@H]1COCCN1Cc1ccc(C(=O)O)cc1. The van der Waals surface area contributed by atoms with Crippen LogP contribution >= 0.6 is 15.9 Å². The van der Waals surface area contributed by atoms with Gasteiger partial charge >= 0.3 is 17.9 Å². The number of methoxy groups -OCH3 is 2. The molecule has 3 atom stereocenters. The molecule has 3 saturated heterocycles. The summed E-state index contributed by atoms with van der Waals surface area (Å²) in [7, 11) is 2.77. The molecule has 0 bridgehead atoms. The molecular weight excluding hydrogens is 758 g/mol. The fraction of sp³-hybridized carbons (Fsp3) is 0.488. The average Bonchev–Trinajstić information content (AvgIpc) is 3.20. The largest absolute Gasteiger partial charge is 0.478 e. The first-order valence-electron chi connectivity index (χ1n) is 18.2. The molecule has 3 aromatic carbocycles. The molecule has 6 rings (SSSR count). The van der Waals surface area contributed by atoms with Gasteiger partial charge in [-0.05, 0) is 73.9 Å². The van der Waals surface area contributed by atoms with Gasteiger partial charge in [0.1, 0.15) is 0 Å². The first-order valence-corrected chi connectivity index (χ1v) is 19.3. The highest BCUT2D eigenvalue weighted by Gasteiger charge is 2.20. The van der Waals surface area contributed by atoms with E-state index in [4.69, 9.17) is 19.3 Å². The number of benzene rings is 3. The van der Waals surface area contributed by atoms with E-state index in [2.05, 4.69) is 61.3 Å². The maximum atomic E-state index is 11.3. The smallest absolute Gasteiger partial charge is 0.337 e. The van der Waals surface area contributed by atoms with Gasteiger partial charge in [-0.3, -0.25) is 9.80 Å². The Bertz CT molecular complexity index is 1530. The van der Waals surface area contributed by atoms with Crippen LogP contribution in [0.25, 0.3) is 0 Å². The molecule has 3 fully saturated rings. The summed E-state index contributed by atoms with van der Waals surface area (Å²) in [4.78, 5) is 37.8. The fourth-order valence-electron chi connectivity index (χ4n) is 5.62. The van der Waals surface area contributed by atoms with Gasteiger partial charge in [0.2, 0.25) is 0 Å². The number of nitrogens with zero attached hydrogens (tertiary/aromatic N) is 2. The van der Waals surface area contributed by atoms with Crippen molar-refractivity contribution < 1.29 is 43.2 Å². The first-order chi connectivity index (χ1) is 26.0. The van der Waals surface area contributed by atoms with Crippen LogP contribution in [-0.4, -0.2) is 124 Å². The Morgan fingerprint density at radius 3 is 1.39 bits per heavy atom. The lowest BCUT2D eigenvalue weighted by molar-refractivity contribution is -0.00439. The monoisotopic (exact) mass is 813 g/mol. The van der Waals surface area contributed by atoms with Crippen LogP contribution in [0.4, 0.5) is 0 Å². The minimum Gasteiger partial charge on any atom is -0.478 e. The van der Waals surface area contributed by atoms with Crippen molar-refractivity contribution in [1.82, 2.24) is 15.1 Å². The highest BCUT2D eigenvalue weighted by Crippen LogP contribution is 2.15. The molecule has 54 heavy (non-hydrogen) atoms. The third-order valence-corrected chi connectivity index (χ3v) is 9.64. The van der Waals surface area contributed by atoms with Crippen molar-refractivity contribution in [2.24, 2.45) is 0 Å². The standard InChI is InChI=1S/C14H19NO3.C13H17NO3.C9H9BrO2.C5H11NO/c1-11-10-18-8-7-15(11)9-12-3-5-13(6-4-12)14(16)17-2;1-10-9-17-7-6-14(10)8-11-2-4-12(5-3-11)13(15)16;1-12-9(11)8-4-2-7(6-10)3-5-8;1-5-4-7-3-2-6-5/h3-6,11H,7-10H2,1-2H3;2-5,10H,6-9H2,1H3,(H,15,16);2-5H,6H2,1H3;5-6H,2-4H2,1H3/t11-;10-;;/m00../s1. The van der Waals surface area contributed by atoms with Gasteiger partial charge in [0.25, 0.3) is 0 Å². The molecule has 0 spiro atoms. The number of ether oxygens (including phenoxy) is 5. The average molecular weight is 815 g/mol. The second kappa shape index (κ2) is 24.7. The van der Waals surface area contributed by atoms with E-state index in [-0.39, 0.29) is 11.9 Å². The number of hydrogen-bond donors (Lipinski definition) is 2. The van der Waals surface area contributed by atoms with E-state index < -0.39 is 5.97 Å². The molecule has 0 aliphatic carbocycles. The molecule has 0 amide bonds. The minimum absolute atomic E-state index is 0.290. The third-order valence-electron chi connectivity index (χ3n) is 8.99. The summed E-state index contributed by atoms with van der Waals surface area (Å²) in [5, 5.41) is 12.9. The van der Waals surface area contributed by atoms with Crippen LogP contribution in [0.15, 0.2) is 72.8 Å². The van der Waals surface area contributed by atoms with Gasteiger partial charge in [0.05, 0.1) is 70.6 Å². The molecule has 296 valence electrons. The van der Waals surface area contributed by atoms with Gasteiger partial charge in [-0.2, -0.15) is 0 Å². The molecule has 13 heteroatoms. The number of esters is 2. The molecule has 0 saturated carbocycles. The Hall–Kier alpha value is -3.69. The van der Waals surface area contributed by atoms with Crippen LogP contribution in [0.2, 0.25) is 0 Å². The van der Waals surface area contributed by atoms with Gasteiger partial charge in [-0.1, -0.05) is 52.3 Å². The number of hydrogen-bond acceptors (Lipinski definition) is 11. The number of carbonyl (C=O) groups excluding carboxylic acids is 2. The lowest BCUT2D eigenvalue weighted by Gasteiger charge is -2.33. The fourth-order valence-corrected chi connectivity index (χ4v) is 6.00. The van der Waals surface area contributed by atoms with E-state index >= 15 is 0 Å². The Labute approximate surface area is 328 Å². The van der Waals surface area contributed by atoms with Crippen molar-refractivity contribution in [2.75, 3.05) is 73.5 Å². The lowest BCUT2D eigenvalue weighted by atomic mass is 10.1. The summed E-state index contributed by atoms with van der Waals surface area (Å²) in [6, 6.07) is 23.4. The first kappa shape index (κ1) is 44.7. The number of halogens is 1. The number of carboxylic acids is 1. The summed E-state index contributed by atoms with van der Waals surface area (Å²) in [5.74, 6) is -1.46. The number of carboxylic acid groups (broad SMARTS) is 1. The summed E-state index contributed by atoms with van der Waals surface area (Å²) < 4.78 is 25.1. The normalized spacial score (nSPS) is 20.0. The zero-order valence-corrected chi connectivity index (χ0v) is 33.7. The van der Waals surface area contributed by atoms with E-state index in [1.54, 1.807) is 24.3 Å². The summed E-state index contributed by atoms with van der Waals surface area (Å²) in [6.07, 6.45) is 0. The molecular formula is C41H56BrN3O9. The maximum absolute atomic E-state index is 11.3. The van der Waals surface area contributed by atoms with E-state index in [0.29, 0.717) is 34.8 Å². The third kappa shape index (κ3) is 16.0. The van der Waals surface area contributed by atoms with Gasteiger partial charge < -0.3 is 34.1 Å². The molecule has 2 N–H and O–H groups in total. The predicted molar refractivity (Wildman–Crippen MR) is 211 cm³/mol. The molecule has 0 radical (unpaired) electrons. The van der Waals surface area contributed by atoms with Gasteiger partial charge in [-0.25, -0.2) is 14.4 Å². The van der Waals surface area contributed by atoms with E-state index in [1.807, 2.05) is 48.5 Å². The second-order valence-corrected chi connectivity index (χ2v) is 13.8. The Kier molecular flexibility index (Phi) is 20.4. The van der Waals surface area contributed by atoms with Crippen molar-refractivity contribution in [3.8, 4) is 0 Å². The molecule has 3 heterocycles. The van der Waals surface area contributed by atoms with Crippen molar-refractivity contribution >= 4 is 33.8 Å². The number of nitrogens with one attached hydrogen (secondary N) is 1. The zero-order valence-electron chi connectivity index (χ0n) is 32.1. The molecule has 3 aromatic rings. The lowest BCUT2D eigenvalue weighted by Crippen LogP contribution is -2.42. The summed E-state index contributed by atoms with van der Waals surface area (Å²) in [6.45, 7) is 16.0. The number of aromatic carboxylic acids is 1. The molecule has 1 unspecified atom stereocenters. The van der Waals surface area contributed by atoms with E-state index in [0.717, 1.165) is 88.8 Å². The molecule has 0 aromatic heterocycles. The van der Waals surface area contributed by atoms with Crippen LogP contribution in [0.5, 0.6) is 0 Å². The molecule has 3 aliphatic heterocycles. The summed E-state index contributed by atoms with van der Waals surface area (Å²) in [5.41, 5.74) is 5.00. The van der Waals surface area contributed by atoms with Gasteiger partial charge in [0, 0.05) is 56.2 Å². The predicted octanol–water partition coefficient (Wildman–Crippen LogP) is 5.66. The van der Waals surface area contributed by atoms with Crippen molar-refractivity contribution in [3.05, 3.63) is 106 Å². The highest BCUT2D eigenvalue weighted by atomic mass is 79.9. The quantitative estimate of drug-likeness (QED) is 0.215. The van der Waals surface area contributed by atoms with Crippen molar-refractivity contribution in [3.63, 3.8) is 0 Å². The Morgan fingerprint density at radius 1 is 0.667 bits per heavy atom. The maximum Gasteiger partial charge on any atom is 0.337 e. The van der Waals surface area contributed by atoms with Crippen LogP contribution in [0.3, 0.4) is 0 Å². The topological polar surface area (TPSA) is 136 Å². The Balaban J connectivity index is 0.000000203. The highest BCUT2D eigenvalue weighted by molar-refractivity contribution is 9.08. The number of morpholine rings is 3. The Morgan fingerprint density at radius 2 is 1.07 bits per heavy atom. The van der Waals surface area contributed by atoms with Crippen LogP contribution in [0, 0.1) is 0 Å². The van der Waals surface area contributed by atoms with Crippen LogP contribution < -0.4 is 5.32 Å². The second-order valence-electron chi connectivity index (χ2n) is 13.2.